The van der Waals surface area contributed by atoms with Gasteiger partial charge in [0, 0.05) is 5.71 Å². The molecular formula is C18H21N. The summed E-state index contributed by atoms with van der Waals surface area (Å²) in [7, 11) is 0. The Morgan fingerprint density at radius 1 is 0.842 bits per heavy atom. The Hall–Kier alpha value is -1.89. The maximum Gasteiger partial charge on any atom is 0.0633 e. The standard InChI is InChI=1S/C18H21N/c1-14(15-8-6-5-7-9-15)19-17-12-10-16(11-13-17)18(2,3)4/h5-13H,1-4H3/b19-14+. The van der Waals surface area contributed by atoms with Crippen LogP contribution in [0.3, 0.4) is 0 Å². The number of nitrogens with zero attached hydrogens (tertiary/aromatic N) is 1. The maximum atomic E-state index is 4.67. The first-order valence-electron chi connectivity index (χ1n) is 6.68. The van der Waals surface area contributed by atoms with Gasteiger partial charge in [-0.05, 0) is 35.6 Å². The predicted molar refractivity (Wildman–Crippen MR) is 83.5 cm³/mol. The molecule has 0 aliphatic carbocycles. The van der Waals surface area contributed by atoms with E-state index in [1.54, 1.807) is 0 Å². The molecule has 0 saturated heterocycles. The highest BCUT2D eigenvalue weighted by molar-refractivity contribution is 6.00. The maximum absolute atomic E-state index is 4.67. The molecule has 1 nitrogen and oxygen atoms in total. The van der Waals surface area contributed by atoms with E-state index in [1.165, 1.54) is 11.1 Å². The fourth-order valence-corrected chi connectivity index (χ4v) is 1.97. The third-order valence-electron chi connectivity index (χ3n) is 3.22. The van der Waals surface area contributed by atoms with Gasteiger partial charge in [-0.2, -0.15) is 0 Å². The molecule has 0 aliphatic heterocycles. The smallest absolute Gasteiger partial charge is 0.0633 e. The molecule has 0 aliphatic rings. The van der Waals surface area contributed by atoms with Gasteiger partial charge in [0.2, 0.25) is 0 Å². The van der Waals surface area contributed by atoms with E-state index in [4.69, 9.17) is 0 Å². The summed E-state index contributed by atoms with van der Waals surface area (Å²) in [5.41, 5.74) is 4.75. The summed E-state index contributed by atoms with van der Waals surface area (Å²) >= 11 is 0. The van der Waals surface area contributed by atoms with Crippen molar-refractivity contribution in [2.24, 2.45) is 4.99 Å². The number of benzene rings is 2. The van der Waals surface area contributed by atoms with Crippen LogP contribution in [0.1, 0.15) is 38.8 Å². The van der Waals surface area contributed by atoms with E-state index in [0.717, 1.165) is 11.4 Å². The van der Waals surface area contributed by atoms with Gasteiger partial charge in [0.15, 0.2) is 0 Å². The average molecular weight is 251 g/mol. The van der Waals surface area contributed by atoms with Gasteiger partial charge in [-0.3, -0.25) is 4.99 Å². The first-order chi connectivity index (χ1) is 8.97. The molecule has 0 N–H and O–H groups in total. The zero-order chi connectivity index (χ0) is 13.9. The summed E-state index contributed by atoms with van der Waals surface area (Å²) in [5, 5.41) is 0. The lowest BCUT2D eigenvalue weighted by Gasteiger charge is -2.18. The molecule has 0 amide bonds. The van der Waals surface area contributed by atoms with Crippen LogP contribution in [0.5, 0.6) is 0 Å². The van der Waals surface area contributed by atoms with E-state index in [0.29, 0.717) is 0 Å². The summed E-state index contributed by atoms with van der Waals surface area (Å²) in [6.07, 6.45) is 0. The van der Waals surface area contributed by atoms with Gasteiger partial charge in [-0.25, -0.2) is 0 Å². The Morgan fingerprint density at radius 3 is 1.95 bits per heavy atom. The molecule has 2 aromatic carbocycles. The van der Waals surface area contributed by atoms with Crippen LogP contribution < -0.4 is 0 Å². The molecule has 0 bridgehead atoms. The molecule has 0 radical (unpaired) electrons. The molecule has 98 valence electrons. The van der Waals surface area contributed by atoms with Crippen LogP contribution in [0.15, 0.2) is 59.6 Å². The molecular weight excluding hydrogens is 230 g/mol. The molecule has 2 aromatic rings. The highest BCUT2D eigenvalue weighted by Crippen LogP contribution is 2.24. The van der Waals surface area contributed by atoms with E-state index < -0.39 is 0 Å². The van der Waals surface area contributed by atoms with Crippen LogP contribution in [0.4, 0.5) is 5.69 Å². The average Bonchev–Trinajstić information content (AvgIpc) is 2.39. The van der Waals surface area contributed by atoms with Crippen LogP contribution in [-0.4, -0.2) is 5.71 Å². The van der Waals surface area contributed by atoms with Crippen molar-refractivity contribution in [3.63, 3.8) is 0 Å². The Kier molecular flexibility index (Phi) is 3.84. The Bertz CT molecular complexity index is 557. The van der Waals surface area contributed by atoms with Gasteiger partial charge in [0.25, 0.3) is 0 Å². The van der Waals surface area contributed by atoms with Crippen molar-refractivity contribution < 1.29 is 0 Å². The zero-order valence-corrected chi connectivity index (χ0v) is 12.1. The SMILES string of the molecule is C/C(=N\c1ccc(C(C)(C)C)cc1)c1ccccc1. The van der Waals surface area contributed by atoms with Gasteiger partial charge in [0.1, 0.15) is 0 Å². The minimum Gasteiger partial charge on any atom is -0.253 e. The van der Waals surface area contributed by atoms with E-state index in [-0.39, 0.29) is 5.41 Å². The van der Waals surface area contributed by atoms with Crippen molar-refractivity contribution in [1.29, 1.82) is 0 Å². The molecule has 0 unspecified atom stereocenters. The molecule has 0 aromatic heterocycles. The fourth-order valence-electron chi connectivity index (χ4n) is 1.97. The van der Waals surface area contributed by atoms with E-state index in [9.17, 15) is 0 Å². The molecule has 0 fully saturated rings. The largest absolute Gasteiger partial charge is 0.253 e. The molecule has 0 saturated carbocycles. The monoisotopic (exact) mass is 251 g/mol. The van der Waals surface area contributed by atoms with Crippen LogP contribution >= 0.6 is 0 Å². The highest BCUT2D eigenvalue weighted by Gasteiger charge is 2.12. The summed E-state index contributed by atoms with van der Waals surface area (Å²) < 4.78 is 0. The Balaban J connectivity index is 2.24. The van der Waals surface area contributed by atoms with Crippen LogP contribution in [-0.2, 0) is 5.41 Å². The molecule has 19 heavy (non-hydrogen) atoms. The third kappa shape index (κ3) is 3.54. The summed E-state index contributed by atoms with van der Waals surface area (Å²) in [6, 6.07) is 18.8. The zero-order valence-electron chi connectivity index (χ0n) is 12.1. The van der Waals surface area contributed by atoms with Gasteiger partial charge >= 0.3 is 0 Å². The topological polar surface area (TPSA) is 12.4 Å². The van der Waals surface area contributed by atoms with Gasteiger partial charge in [-0.15, -0.1) is 0 Å². The normalized spacial score (nSPS) is 12.5. The number of rotatable bonds is 2. The van der Waals surface area contributed by atoms with Gasteiger partial charge < -0.3 is 0 Å². The van der Waals surface area contributed by atoms with Crippen molar-refractivity contribution in [2.45, 2.75) is 33.1 Å². The Morgan fingerprint density at radius 2 is 1.42 bits per heavy atom. The first kappa shape index (κ1) is 13.5. The number of aliphatic imine (C=N–C) groups is 1. The molecule has 1 heteroatoms. The molecule has 0 atom stereocenters. The van der Waals surface area contributed by atoms with E-state index in [1.807, 2.05) is 25.1 Å². The second-order valence-electron chi connectivity index (χ2n) is 5.86. The van der Waals surface area contributed by atoms with Gasteiger partial charge in [0.05, 0.1) is 5.69 Å². The lowest BCUT2D eigenvalue weighted by Crippen LogP contribution is -2.10. The highest BCUT2D eigenvalue weighted by atomic mass is 14.7. The van der Waals surface area contributed by atoms with E-state index >= 15 is 0 Å². The summed E-state index contributed by atoms with van der Waals surface area (Å²) in [6.45, 7) is 8.72. The van der Waals surface area contributed by atoms with Crippen molar-refractivity contribution in [3.8, 4) is 0 Å². The fraction of sp³-hybridized carbons (Fsp3) is 0.278. The van der Waals surface area contributed by atoms with E-state index in [2.05, 4.69) is 62.2 Å². The molecule has 2 rings (SSSR count). The third-order valence-corrected chi connectivity index (χ3v) is 3.22. The minimum absolute atomic E-state index is 0.191. The summed E-state index contributed by atoms with van der Waals surface area (Å²) in [5.74, 6) is 0. The quantitative estimate of drug-likeness (QED) is 0.656. The first-order valence-corrected chi connectivity index (χ1v) is 6.68. The molecule has 0 heterocycles. The van der Waals surface area contributed by atoms with Crippen molar-refractivity contribution in [3.05, 3.63) is 65.7 Å². The van der Waals surface area contributed by atoms with Crippen LogP contribution in [0.2, 0.25) is 0 Å². The second kappa shape index (κ2) is 5.40. The van der Waals surface area contributed by atoms with Gasteiger partial charge in [-0.1, -0.05) is 63.2 Å². The van der Waals surface area contributed by atoms with Crippen molar-refractivity contribution in [2.75, 3.05) is 0 Å². The van der Waals surface area contributed by atoms with Crippen molar-refractivity contribution in [1.82, 2.24) is 0 Å². The number of hydrogen-bond donors (Lipinski definition) is 0. The van der Waals surface area contributed by atoms with Crippen molar-refractivity contribution >= 4 is 11.4 Å². The predicted octanol–water partition coefficient (Wildman–Crippen LogP) is 5.12. The summed E-state index contributed by atoms with van der Waals surface area (Å²) in [4.78, 5) is 4.67. The minimum atomic E-state index is 0.191. The number of hydrogen-bond acceptors (Lipinski definition) is 1. The lowest BCUT2D eigenvalue weighted by molar-refractivity contribution is 0.590. The van der Waals surface area contributed by atoms with Crippen LogP contribution in [0, 0.1) is 0 Å². The van der Waals surface area contributed by atoms with Crippen LogP contribution in [0.25, 0.3) is 0 Å². The second-order valence-corrected chi connectivity index (χ2v) is 5.86. The lowest BCUT2D eigenvalue weighted by atomic mass is 9.87. The molecule has 0 spiro atoms. The Labute approximate surface area is 116 Å².